The van der Waals surface area contributed by atoms with Crippen LogP contribution in [-0.4, -0.2) is 54.8 Å². The van der Waals surface area contributed by atoms with Crippen molar-refractivity contribution in [1.29, 1.82) is 0 Å². The molecule has 2 unspecified atom stereocenters. The van der Waals surface area contributed by atoms with Crippen LogP contribution in [0.1, 0.15) is 39.0 Å². The SMILES string of the molecule is CO[C@@H]1C(COCCCCCC(=O)[O-])C[C@H](C)C(O)[C@@H]1O.[Na+]. The number of carboxylic acids is 1. The maximum Gasteiger partial charge on any atom is 1.00 e. The van der Waals surface area contributed by atoms with E-state index < -0.39 is 24.3 Å². The van der Waals surface area contributed by atoms with Crippen LogP contribution in [0.4, 0.5) is 0 Å². The van der Waals surface area contributed by atoms with Crippen LogP contribution in [0, 0.1) is 11.8 Å². The Kier molecular flexibility index (Phi) is 12.0. The summed E-state index contributed by atoms with van der Waals surface area (Å²) < 4.78 is 10.9. The number of aliphatic carboxylic acids is 1. The van der Waals surface area contributed by atoms with Crippen LogP contribution in [0.15, 0.2) is 0 Å². The monoisotopic (exact) mass is 326 g/mol. The van der Waals surface area contributed by atoms with E-state index in [1.165, 1.54) is 7.11 Å². The van der Waals surface area contributed by atoms with Gasteiger partial charge in [0.2, 0.25) is 0 Å². The predicted molar refractivity (Wildman–Crippen MR) is 74.4 cm³/mol. The van der Waals surface area contributed by atoms with Crippen molar-refractivity contribution in [1.82, 2.24) is 0 Å². The van der Waals surface area contributed by atoms with Gasteiger partial charge in [-0.05, 0) is 31.6 Å². The summed E-state index contributed by atoms with van der Waals surface area (Å²) in [7, 11) is 1.53. The summed E-state index contributed by atoms with van der Waals surface area (Å²) >= 11 is 0. The van der Waals surface area contributed by atoms with Crippen molar-refractivity contribution < 1.29 is 59.1 Å². The van der Waals surface area contributed by atoms with Gasteiger partial charge in [-0.2, -0.15) is 0 Å². The zero-order valence-electron chi connectivity index (χ0n) is 13.9. The molecule has 0 radical (unpaired) electrons. The molecule has 1 aliphatic carbocycles. The van der Waals surface area contributed by atoms with E-state index in [2.05, 4.69) is 0 Å². The fourth-order valence-electron chi connectivity index (χ4n) is 2.94. The van der Waals surface area contributed by atoms with Gasteiger partial charge >= 0.3 is 29.6 Å². The van der Waals surface area contributed by atoms with E-state index in [-0.39, 0.29) is 47.8 Å². The fraction of sp³-hybridized carbons (Fsp3) is 0.933. The third-order valence-corrected chi connectivity index (χ3v) is 4.18. The number of rotatable bonds is 9. The van der Waals surface area contributed by atoms with Gasteiger partial charge in [0.15, 0.2) is 0 Å². The molecule has 0 aromatic carbocycles. The summed E-state index contributed by atoms with van der Waals surface area (Å²) in [6.07, 6.45) is 1.01. The third kappa shape index (κ3) is 7.25. The molecule has 1 saturated carbocycles. The van der Waals surface area contributed by atoms with Gasteiger partial charge in [-0.1, -0.05) is 13.3 Å². The molecule has 1 rings (SSSR count). The molecule has 2 N–H and O–H groups in total. The van der Waals surface area contributed by atoms with E-state index in [0.717, 1.165) is 19.3 Å². The Morgan fingerprint density at radius 1 is 1.23 bits per heavy atom. The second-order valence-electron chi connectivity index (χ2n) is 5.91. The second kappa shape index (κ2) is 11.8. The van der Waals surface area contributed by atoms with E-state index in [1.807, 2.05) is 6.92 Å². The number of methoxy groups -OCH3 is 1. The quantitative estimate of drug-likeness (QED) is 0.340. The average Bonchev–Trinajstić information content (AvgIpc) is 2.43. The van der Waals surface area contributed by atoms with Crippen molar-refractivity contribution in [2.45, 2.75) is 57.3 Å². The molecule has 1 fully saturated rings. The Balaban J connectivity index is 0.00000441. The second-order valence-corrected chi connectivity index (χ2v) is 5.91. The number of aliphatic hydroxyl groups is 2. The number of hydrogen-bond acceptors (Lipinski definition) is 6. The van der Waals surface area contributed by atoms with Gasteiger partial charge in [-0.3, -0.25) is 0 Å². The molecule has 0 saturated heterocycles. The molecule has 0 spiro atoms. The van der Waals surface area contributed by atoms with Crippen LogP contribution < -0.4 is 34.7 Å². The molecule has 0 heterocycles. The van der Waals surface area contributed by atoms with Crippen LogP contribution in [0.5, 0.6) is 0 Å². The Bertz CT molecular complexity index is 314. The molecule has 0 aromatic rings. The fourth-order valence-corrected chi connectivity index (χ4v) is 2.94. The first kappa shape index (κ1) is 22.3. The average molecular weight is 326 g/mol. The van der Waals surface area contributed by atoms with Crippen molar-refractivity contribution in [2.75, 3.05) is 20.3 Å². The summed E-state index contributed by atoms with van der Waals surface area (Å²) in [4.78, 5) is 10.3. The Hall–Kier alpha value is 0.310. The van der Waals surface area contributed by atoms with E-state index in [9.17, 15) is 20.1 Å². The molecule has 1 aliphatic rings. The summed E-state index contributed by atoms with van der Waals surface area (Å²) in [5, 5.41) is 30.1. The van der Waals surface area contributed by atoms with Gasteiger partial charge in [0.05, 0.1) is 18.8 Å². The van der Waals surface area contributed by atoms with E-state index in [0.29, 0.717) is 19.6 Å². The molecule has 5 atom stereocenters. The summed E-state index contributed by atoms with van der Waals surface area (Å²) in [6, 6.07) is 0. The third-order valence-electron chi connectivity index (χ3n) is 4.18. The number of aliphatic hydroxyl groups excluding tert-OH is 2. The summed E-state index contributed by atoms with van der Waals surface area (Å²) in [6.45, 7) is 2.95. The standard InChI is InChI=1S/C15H28O6.Na/c1-10-8-11(15(20-2)14(19)13(10)18)9-21-7-5-3-4-6-12(16)17;/h10-11,13-15,18-19H,3-9H2,1-2H3,(H,16,17);/q;+1/p-1/t10-,11?,13?,14-,15+;/m0./s1. The minimum atomic E-state index is -1.01. The Morgan fingerprint density at radius 3 is 2.50 bits per heavy atom. The maximum absolute atomic E-state index is 10.3. The molecule has 0 aliphatic heterocycles. The molecule has 22 heavy (non-hydrogen) atoms. The van der Waals surface area contributed by atoms with Gasteiger partial charge < -0.3 is 29.6 Å². The van der Waals surface area contributed by atoms with Crippen LogP contribution in [0.2, 0.25) is 0 Å². The first-order chi connectivity index (χ1) is 9.97. The first-order valence-corrected chi connectivity index (χ1v) is 7.63. The van der Waals surface area contributed by atoms with E-state index in [1.54, 1.807) is 0 Å². The molecule has 124 valence electrons. The number of carboxylic acid groups (broad SMARTS) is 1. The van der Waals surface area contributed by atoms with Gasteiger partial charge in [0.1, 0.15) is 6.10 Å². The van der Waals surface area contributed by atoms with E-state index >= 15 is 0 Å². The largest absolute Gasteiger partial charge is 1.00 e. The molecular formula is C15H27NaO6. The van der Waals surface area contributed by atoms with Crippen molar-refractivity contribution in [3.05, 3.63) is 0 Å². The van der Waals surface area contributed by atoms with Crippen LogP contribution >= 0.6 is 0 Å². The van der Waals surface area contributed by atoms with Crippen molar-refractivity contribution in [3.8, 4) is 0 Å². The topological polar surface area (TPSA) is 99.1 Å². The van der Waals surface area contributed by atoms with Crippen LogP contribution in [0.3, 0.4) is 0 Å². The van der Waals surface area contributed by atoms with Crippen molar-refractivity contribution in [3.63, 3.8) is 0 Å². The van der Waals surface area contributed by atoms with Gasteiger partial charge in [-0.15, -0.1) is 0 Å². The normalized spacial score (nSPS) is 31.5. The van der Waals surface area contributed by atoms with Crippen molar-refractivity contribution in [2.24, 2.45) is 11.8 Å². The first-order valence-electron chi connectivity index (χ1n) is 7.63. The molecule has 6 nitrogen and oxygen atoms in total. The minimum Gasteiger partial charge on any atom is -0.550 e. The number of hydrogen-bond donors (Lipinski definition) is 2. The number of unbranched alkanes of at least 4 members (excludes halogenated alkanes) is 2. The number of ether oxygens (including phenoxy) is 2. The van der Waals surface area contributed by atoms with Gasteiger partial charge in [-0.25, -0.2) is 0 Å². The van der Waals surface area contributed by atoms with Crippen molar-refractivity contribution >= 4 is 5.97 Å². The molecular weight excluding hydrogens is 299 g/mol. The zero-order valence-corrected chi connectivity index (χ0v) is 15.9. The molecule has 7 heteroatoms. The summed E-state index contributed by atoms with van der Waals surface area (Å²) in [5.41, 5.74) is 0. The zero-order chi connectivity index (χ0) is 15.8. The van der Waals surface area contributed by atoms with E-state index in [4.69, 9.17) is 9.47 Å². The van der Waals surface area contributed by atoms with Gasteiger partial charge in [0, 0.05) is 25.6 Å². The molecule has 0 amide bonds. The smallest absolute Gasteiger partial charge is 0.550 e. The molecule has 0 bridgehead atoms. The number of carbonyl (C=O) groups is 1. The van der Waals surface area contributed by atoms with Crippen LogP contribution in [-0.2, 0) is 14.3 Å². The number of carbonyl (C=O) groups excluding carboxylic acids is 1. The summed E-state index contributed by atoms with van der Waals surface area (Å²) in [5.74, 6) is -0.933. The minimum absolute atomic E-state index is 0. The maximum atomic E-state index is 10.3. The van der Waals surface area contributed by atoms with Crippen LogP contribution in [0.25, 0.3) is 0 Å². The Labute approximate surface area is 154 Å². The predicted octanol–water partition coefficient (Wildman–Crippen LogP) is -3.29. The molecule has 0 aromatic heterocycles. The van der Waals surface area contributed by atoms with Gasteiger partial charge in [0.25, 0.3) is 0 Å². The Morgan fingerprint density at radius 2 is 1.91 bits per heavy atom.